The summed E-state index contributed by atoms with van der Waals surface area (Å²) in [5.74, 6) is 1.53. The molecule has 1 aromatic rings. The highest BCUT2D eigenvalue weighted by Crippen LogP contribution is 2.37. The maximum atomic E-state index is 8.68. The molecule has 0 saturated carbocycles. The predicted octanol–water partition coefficient (Wildman–Crippen LogP) is 3.28. The summed E-state index contributed by atoms with van der Waals surface area (Å²) in [6, 6.07) is 6.39. The highest BCUT2D eigenvalue weighted by atomic mass is 79.9. The fraction of sp³-hybridized carbons (Fsp3) is 0.611. The predicted molar refractivity (Wildman–Crippen MR) is 98.4 cm³/mol. The number of methoxy groups -OCH3 is 1. The average Bonchev–Trinajstić information content (AvgIpc) is 2.56. The summed E-state index contributed by atoms with van der Waals surface area (Å²) in [7, 11) is 1.67. The van der Waals surface area contributed by atoms with Crippen LogP contribution in [-0.2, 0) is 6.54 Å². The number of rotatable bonds is 7. The van der Waals surface area contributed by atoms with Gasteiger partial charge in [-0.15, -0.1) is 0 Å². The molecule has 0 N–H and O–H groups in total. The van der Waals surface area contributed by atoms with Crippen LogP contribution in [0.4, 0.5) is 0 Å². The van der Waals surface area contributed by atoms with E-state index in [2.05, 4.69) is 43.9 Å². The molecule has 0 atom stereocenters. The first kappa shape index (κ1) is 19.0. The van der Waals surface area contributed by atoms with Crippen molar-refractivity contribution in [2.45, 2.75) is 32.9 Å². The van der Waals surface area contributed by atoms with E-state index in [9.17, 15) is 0 Å². The Morgan fingerprint density at radius 1 is 1.21 bits per heavy atom. The molecule has 1 saturated heterocycles. The molecule has 0 aliphatic carbocycles. The van der Waals surface area contributed by atoms with Crippen LogP contribution >= 0.6 is 15.9 Å². The van der Waals surface area contributed by atoms with Crippen molar-refractivity contribution in [3.63, 3.8) is 0 Å². The van der Waals surface area contributed by atoms with E-state index in [4.69, 9.17) is 14.7 Å². The van der Waals surface area contributed by atoms with Gasteiger partial charge in [0.25, 0.3) is 0 Å². The van der Waals surface area contributed by atoms with Crippen molar-refractivity contribution in [1.29, 1.82) is 5.26 Å². The van der Waals surface area contributed by atoms with E-state index in [1.807, 2.05) is 13.8 Å². The van der Waals surface area contributed by atoms with Gasteiger partial charge in [0.2, 0.25) is 0 Å². The number of hydrogen-bond acceptors (Lipinski definition) is 5. The largest absolute Gasteiger partial charge is 0.493 e. The molecule has 0 aromatic heterocycles. The zero-order valence-electron chi connectivity index (χ0n) is 14.7. The number of piperazine rings is 1. The lowest BCUT2D eigenvalue weighted by atomic mass is 10.1. The van der Waals surface area contributed by atoms with Crippen molar-refractivity contribution in [1.82, 2.24) is 9.80 Å². The molecule has 0 amide bonds. The molecule has 5 nitrogen and oxygen atoms in total. The van der Waals surface area contributed by atoms with Gasteiger partial charge in [-0.05, 0) is 47.5 Å². The van der Waals surface area contributed by atoms with Crippen LogP contribution in [0.2, 0.25) is 0 Å². The zero-order valence-corrected chi connectivity index (χ0v) is 16.3. The molecule has 0 radical (unpaired) electrons. The van der Waals surface area contributed by atoms with Crippen LogP contribution in [-0.4, -0.2) is 55.7 Å². The van der Waals surface area contributed by atoms with E-state index < -0.39 is 0 Å². The molecule has 0 unspecified atom stereocenters. The Bertz CT molecular complexity index is 578. The maximum Gasteiger partial charge on any atom is 0.175 e. The minimum Gasteiger partial charge on any atom is -0.493 e. The SMILES string of the molecule is COc1cc(CN2CCN(CCC#N)CC2)cc(Br)c1OC(C)C. The van der Waals surface area contributed by atoms with Gasteiger partial charge in [0.1, 0.15) is 0 Å². The third-order valence-electron chi connectivity index (χ3n) is 4.05. The molecule has 2 rings (SSSR count). The van der Waals surface area contributed by atoms with Crippen LogP contribution in [0.3, 0.4) is 0 Å². The molecule has 24 heavy (non-hydrogen) atoms. The van der Waals surface area contributed by atoms with Gasteiger partial charge in [0.15, 0.2) is 11.5 Å². The Balaban J connectivity index is 1.98. The topological polar surface area (TPSA) is 48.7 Å². The second-order valence-corrected chi connectivity index (χ2v) is 7.16. The number of nitriles is 1. The van der Waals surface area contributed by atoms with Crippen molar-refractivity contribution in [3.05, 3.63) is 22.2 Å². The lowest BCUT2D eigenvalue weighted by molar-refractivity contribution is 0.129. The van der Waals surface area contributed by atoms with Crippen LogP contribution in [0, 0.1) is 11.3 Å². The minimum absolute atomic E-state index is 0.0996. The fourth-order valence-corrected chi connectivity index (χ4v) is 3.43. The van der Waals surface area contributed by atoms with Gasteiger partial charge in [-0.3, -0.25) is 9.80 Å². The second-order valence-electron chi connectivity index (χ2n) is 6.30. The number of benzene rings is 1. The van der Waals surface area contributed by atoms with Crippen LogP contribution in [0.1, 0.15) is 25.8 Å². The van der Waals surface area contributed by atoms with Gasteiger partial charge in [-0.2, -0.15) is 5.26 Å². The van der Waals surface area contributed by atoms with Crippen LogP contribution in [0.5, 0.6) is 11.5 Å². The van der Waals surface area contributed by atoms with Crippen molar-refractivity contribution in [2.24, 2.45) is 0 Å². The highest BCUT2D eigenvalue weighted by Gasteiger charge is 2.18. The Morgan fingerprint density at radius 2 is 1.88 bits per heavy atom. The van der Waals surface area contributed by atoms with Crippen molar-refractivity contribution in [3.8, 4) is 17.6 Å². The summed E-state index contributed by atoms with van der Waals surface area (Å²) in [6.07, 6.45) is 0.712. The van der Waals surface area contributed by atoms with E-state index in [1.165, 1.54) is 5.56 Å². The Hall–Kier alpha value is -1.29. The van der Waals surface area contributed by atoms with E-state index in [-0.39, 0.29) is 6.10 Å². The normalized spacial score (nSPS) is 16.2. The quantitative estimate of drug-likeness (QED) is 0.708. The van der Waals surface area contributed by atoms with E-state index >= 15 is 0 Å². The van der Waals surface area contributed by atoms with Crippen LogP contribution in [0.15, 0.2) is 16.6 Å². The molecule has 1 aliphatic heterocycles. The van der Waals surface area contributed by atoms with Gasteiger partial charge >= 0.3 is 0 Å². The third kappa shape index (κ3) is 5.37. The molecule has 1 aromatic carbocycles. The van der Waals surface area contributed by atoms with Gasteiger partial charge in [0.05, 0.1) is 23.8 Å². The molecular formula is C18H26BrN3O2. The van der Waals surface area contributed by atoms with Crippen molar-refractivity contribution in [2.75, 3.05) is 39.8 Å². The monoisotopic (exact) mass is 395 g/mol. The summed E-state index contributed by atoms with van der Waals surface area (Å²) in [4.78, 5) is 4.79. The molecule has 1 heterocycles. The minimum atomic E-state index is 0.0996. The molecule has 0 bridgehead atoms. The summed E-state index contributed by atoms with van der Waals surface area (Å²) in [6.45, 7) is 9.87. The molecule has 132 valence electrons. The fourth-order valence-electron chi connectivity index (χ4n) is 2.85. The number of hydrogen-bond donors (Lipinski definition) is 0. The lowest BCUT2D eigenvalue weighted by Gasteiger charge is -2.34. The highest BCUT2D eigenvalue weighted by molar-refractivity contribution is 9.10. The molecular weight excluding hydrogens is 370 g/mol. The number of halogens is 1. The summed E-state index contributed by atoms with van der Waals surface area (Å²) >= 11 is 3.61. The standard InChI is InChI=1S/C18H26BrN3O2/c1-14(2)24-18-16(19)11-15(12-17(18)23-3)13-22-9-7-21(8-10-22)6-4-5-20/h11-12,14H,4,6-10,13H2,1-3H3. The van der Waals surface area contributed by atoms with Crippen LogP contribution < -0.4 is 9.47 Å². The zero-order chi connectivity index (χ0) is 17.5. The summed E-state index contributed by atoms with van der Waals surface area (Å²) in [5.41, 5.74) is 1.21. The Kier molecular flexibility index (Phi) is 7.35. The van der Waals surface area contributed by atoms with Gasteiger partial charge in [-0.25, -0.2) is 0 Å². The van der Waals surface area contributed by atoms with E-state index in [0.29, 0.717) is 6.42 Å². The van der Waals surface area contributed by atoms with Gasteiger partial charge in [-0.1, -0.05) is 0 Å². The van der Waals surface area contributed by atoms with E-state index in [1.54, 1.807) is 7.11 Å². The summed E-state index contributed by atoms with van der Waals surface area (Å²) < 4.78 is 12.3. The first-order valence-electron chi connectivity index (χ1n) is 8.38. The van der Waals surface area contributed by atoms with Gasteiger partial charge in [0, 0.05) is 45.7 Å². The Labute approximate surface area is 153 Å². The first-order chi connectivity index (χ1) is 11.5. The maximum absolute atomic E-state index is 8.68. The molecule has 1 aliphatic rings. The molecule has 6 heteroatoms. The van der Waals surface area contributed by atoms with E-state index in [0.717, 1.165) is 55.2 Å². The molecule has 1 fully saturated rings. The summed E-state index contributed by atoms with van der Waals surface area (Å²) in [5, 5.41) is 8.68. The number of ether oxygens (including phenoxy) is 2. The average molecular weight is 396 g/mol. The third-order valence-corrected chi connectivity index (χ3v) is 4.64. The van der Waals surface area contributed by atoms with Crippen molar-refractivity contribution >= 4 is 15.9 Å². The number of nitrogens with zero attached hydrogens (tertiary/aromatic N) is 3. The smallest absolute Gasteiger partial charge is 0.175 e. The Morgan fingerprint density at radius 3 is 2.46 bits per heavy atom. The first-order valence-corrected chi connectivity index (χ1v) is 9.17. The van der Waals surface area contributed by atoms with Crippen LogP contribution in [0.25, 0.3) is 0 Å². The second kappa shape index (κ2) is 9.26. The molecule has 0 spiro atoms. The van der Waals surface area contributed by atoms with Gasteiger partial charge < -0.3 is 9.47 Å². The lowest BCUT2D eigenvalue weighted by Crippen LogP contribution is -2.46. The van der Waals surface area contributed by atoms with Crippen molar-refractivity contribution < 1.29 is 9.47 Å².